The van der Waals surface area contributed by atoms with Gasteiger partial charge in [0.2, 0.25) is 0 Å². The van der Waals surface area contributed by atoms with Gasteiger partial charge in [-0.15, -0.1) is 0 Å². The molecule has 0 bridgehead atoms. The number of hydrogen-bond acceptors (Lipinski definition) is 0. The maximum absolute atomic E-state index is 11.5. The minimum absolute atomic E-state index is 0.174. The maximum atomic E-state index is 11.5. The molecule has 1 radical (unpaired) electrons. The van der Waals surface area contributed by atoms with E-state index in [2.05, 4.69) is 0 Å². The van der Waals surface area contributed by atoms with Crippen molar-refractivity contribution in [1.82, 2.24) is 0 Å². The van der Waals surface area contributed by atoms with Crippen LogP contribution >= 0.6 is 0 Å². The summed E-state index contributed by atoms with van der Waals surface area (Å²) >= 11 is 0. The third-order valence-electron chi connectivity index (χ3n) is 1.25. The first-order valence-electron chi connectivity index (χ1n) is 3.51. The number of hydrogen-bond donors (Lipinski definition) is 0. The Morgan fingerprint density at radius 1 is 1.11 bits per heavy atom. The van der Waals surface area contributed by atoms with Crippen LogP contribution < -0.4 is 0 Å². The highest BCUT2D eigenvalue weighted by Gasteiger charge is 1.85. The van der Waals surface area contributed by atoms with E-state index in [0.29, 0.717) is 6.42 Å². The molecule has 0 saturated heterocycles. The van der Waals surface area contributed by atoms with Crippen LogP contribution in [0.15, 0.2) is 6.08 Å². The predicted octanol–water partition coefficient (Wildman–Crippen LogP) is 2.90. The summed E-state index contributed by atoms with van der Waals surface area (Å²) in [6, 6.07) is 0. The Kier molecular flexibility index (Phi) is 7.39. The van der Waals surface area contributed by atoms with E-state index < -0.39 is 0 Å². The van der Waals surface area contributed by atoms with E-state index >= 15 is 0 Å². The zero-order chi connectivity index (χ0) is 6.95. The van der Waals surface area contributed by atoms with Crippen molar-refractivity contribution >= 4 is 0 Å². The molecule has 9 heavy (non-hydrogen) atoms. The van der Waals surface area contributed by atoms with Gasteiger partial charge < -0.3 is 0 Å². The van der Waals surface area contributed by atoms with Crippen molar-refractivity contribution in [3.63, 3.8) is 0 Å². The highest BCUT2D eigenvalue weighted by Crippen LogP contribution is 2.02. The molecule has 0 fully saturated rings. The van der Waals surface area contributed by atoms with Crippen molar-refractivity contribution in [1.29, 1.82) is 0 Å². The van der Waals surface area contributed by atoms with Gasteiger partial charge in [-0.1, -0.05) is 25.5 Å². The largest absolute Gasteiger partial charge is 0.251 e. The fourth-order valence-corrected chi connectivity index (χ4v) is 0.710. The van der Waals surface area contributed by atoms with Crippen molar-refractivity contribution in [3.8, 4) is 0 Å². The zero-order valence-corrected chi connectivity index (χ0v) is 5.78. The Labute approximate surface area is 56.8 Å². The lowest BCUT2D eigenvalue weighted by Gasteiger charge is -1.93. The molecular formula is C8H14F. The molecule has 0 aliphatic carbocycles. The second-order valence-electron chi connectivity index (χ2n) is 2.13. The first kappa shape index (κ1) is 8.67. The van der Waals surface area contributed by atoms with E-state index in [-0.39, 0.29) is 6.67 Å². The molecule has 0 spiro atoms. The summed E-state index contributed by atoms with van der Waals surface area (Å²) in [7, 11) is 0. The molecule has 0 aromatic carbocycles. The minimum atomic E-state index is -0.174. The third kappa shape index (κ3) is 7.67. The lowest BCUT2D eigenvalue weighted by atomic mass is 10.1. The number of unbranched alkanes of at least 4 members (excludes halogenated alkanes) is 4. The molecule has 1 heteroatoms. The van der Waals surface area contributed by atoms with Crippen LogP contribution in [-0.2, 0) is 0 Å². The highest BCUT2D eigenvalue weighted by molar-refractivity contribution is 4.61. The van der Waals surface area contributed by atoms with Crippen LogP contribution in [0.25, 0.3) is 0 Å². The van der Waals surface area contributed by atoms with Crippen LogP contribution in [0.3, 0.4) is 0 Å². The van der Waals surface area contributed by atoms with Crippen molar-refractivity contribution < 1.29 is 4.39 Å². The Balaban J connectivity index is 2.66. The van der Waals surface area contributed by atoms with Gasteiger partial charge >= 0.3 is 0 Å². The zero-order valence-electron chi connectivity index (χ0n) is 5.78. The fraction of sp³-hybridized carbons (Fsp3) is 0.750. The topological polar surface area (TPSA) is 0 Å². The molecule has 0 aliphatic heterocycles. The van der Waals surface area contributed by atoms with Crippen LogP contribution in [0.2, 0.25) is 0 Å². The van der Waals surface area contributed by atoms with Crippen molar-refractivity contribution in [2.24, 2.45) is 0 Å². The van der Waals surface area contributed by atoms with Crippen molar-refractivity contribution in [2.75, 3.05) is 6.67 Å². The molecule has 0 heterocycles. The van der Waals surface area contributed by atoms with Crippen LogP contribution in [0.1, 0.15) is 32.1 Å². The van der Waals surface area contributed by atoms with Crippen molar-refractivity contribution in [3.05, 3.63) is 12.7 Å². The van der Waals surface area contributed by atoms with Crippen LogP contribution in [0.4, 0.5) is 4.39 Å². The van der Waals surface area contributed by atoms with E-state index in [1.165, 1.54) is 0 Å². The summed E-state index contributed by atoms with van der Waals surface area (Å²) in [5.74, 6) is 0. The summed E-state index contributed by atoms with van der Waals surface area (Å²) in [5.41, 5.74) is 0. The quantitative estimate of drug-likeness (QED) is 0.484. The summed E-state index contributed by atoms with van der Waals surface area (Å²) in [4.78, 5) is 0. The third-order valence-corrected chi connectivity index (χ3v) is 1.25. The molecule has 0 rings (SSSR count). The number of rotatable bonds is 6. The first-order valence-corrected chi connectivity index (χ1v) is 3.51. The SMILES string of the molecule is [CH]=CCCCCCCF. The number of alkyl halides is 1. The van der Waals surface area contributed by atoms with Gasteiger partial charge in [0.25, 0.3) is 0 Å². The molecule has 0 aromatic heterocycles. The monoisotopic (exact) mass is 129 g/mol. The lowest BCUT2D eigenvalue weighted by Crippen LogP contribution is -1.78. The van der Waals surface area contributed by atoms with Gasteiger partial charge in [0.15, 0.2) is 0 Å². The van der Waals surface area contributed by atoms with E-state index in [9.17, 15) is 4.39 Å². The molecule has 0 N–H and O–H groups in total. The van der Waals surface area contributed by atoms with Gasteiger partial charge in [-0.3, -0.25) is 4.39 Å². The van der Waals surface area contributed by atoms with Crippen LogP contribution in [0, 0.1) is 6.58 Å². The Bertz CT molecular complexity index is 59.6. The molecule has 0 amide bonds. The maximum Gasteiger partial charge on any atom is 0.0894 e. The minimum Gasteiger partial charge on any atom is -0.251 e. The standard InChI is InChI=1S/C8H14F/c1-2-3-4-5-6-7-8-9/h1-2H,3-8H2. The van der Waals surface area contributed by atoms with E-state index in [1.54, 1.807) is 6.08 Å². The molecule has 0 atom stereocenters. The summed E-state index contributed by atoms with van der Waals surface area (Å²) in [6.07, 6.45) is 6.56. The van der Waals surface area contributed by atoms with Crippen LogP contribution in [0.5, 0.6) is 0 Å². The van der Waals surface area contributed by atoms with Gasteiger partial charge in [-0.2, -0.15) is 0 Å². The predicted molar refractivity (Wildman–Crippen MR) is 37.9 cm³/mol. The summed E-state index contributed by atoms with van der Waals surface area (Å²) in [6.45, 7) is 4.97. The summed E-state index contributed by atoms with van der Waals surface area (Å²) < 4.78 is 11.5. The van der Waals surface area contributed by atoms with Crippen molar-refractivity contribution in [2.45, 2.75) is 32.1 Å². The molecule has 0 aliphatic rings. The van der Waals surface area contributed by atoms with E-state index in [1.807, 2.05) is 0 Å². The lowest BCUT2D eigenvalue weighted by molar-refractivity contribution is 0.453. The second-order valence-corrected chi connectivity index (χ2v) is 2.13. The molecular weight excluding hydrogens is 115 g/mol. The molecule has 0 saturated carbocycles. The van der Waals surface area contributed by atoms with Gasteiger partial charge in [-0.25, -0.2) is 0 Å². The molecule has 0 aromatic rings. The van der Waals surface area contributed by atoms with Gasteiger partial charge in [0.1, 0.15) is 0 Å². The Morgan fingerprint density at radius 3 is 2.33 bits per heavy atom. The average molecular weight is 129 g/mol. The fourth-order valence-electron chi connectivity index (χ4n) is 0.710. The Morgan fingerprint density at radius 2 is 1.78 bits per heavy atom. The van der Waals surface area contributed by atoms with Gasteiger partial charge in [0.05, 0.1) is 6.67 Å². The average Bonchev–Trinajstić information content (AvgIpc) is 1.89. The highest BCUT2D eigenvalue weighted by atomic mass is 19.1. The smallest absolute Gasteiger partial charge is 0.0894 e. The number of halogens is 1. The summed E-state index contributed by atoms with van der Waals surface area (Å²) in [5, 5.41) is 0. The molecule has 0 nitrogen and oxygen atoms in total. The normalized spacial score (nSPS) is 9.44. The van der Waals surface area contributed by atoms with E-state index in [0.717, 1.165) is 25.7 Å². The van der Waals surface area contributed by atoms with E-state index in [4.69, 9.17) is 6.58 Å². The molecule has 53 valence electrons. The van der Waals surface area contributed by atoms with Crippen LogP contribution in [-0.4, -0.2) is 6.67 Å². The van der Waals surface area contributed by atoms with Gasteiger partial charge in [-0.05, 0) is 19.3 Å². The molecule has 0 unspecified atom stereocenters. The second kappa shape index (κ2) is 7.67. The Hall–Kier alpha value is -0.330. The van der Waals surface area contributed by atoms with Gasteiger partial charge in [0, 0.05) is 0 Å². The number of allylic oxidation sites excluding steroid dienone is 1. The first-order chi connectivity index (χ1) is 4.41.